The van der Waals surface area contributed by atoms with Crippen molar-refractivity contribution in [2.24, 2.45) is 5.92 Å². The molecule has 2 rings (SSSR count). The van der Waals surface area contributed by atoms with Crippen molar-refractivity contribution in [1.29, 1.82) is 0 Å². The van der Waals surface area contributed by atoms with E-state index in [0.717, 1.165) is 32.2 Å². The van der Waals surface area contributed by atoms with Gasteiger partial charge >= 0.3 is 5.97 Å². The number of nitrogens with one attached hydrogen (secondary N) is 1. The Bertz CT molecular complexity index is 448. The van der Waals surface area contributed by atoms with Crippen molar-refractivity contribution in [3.8, 4) is 0 Å². The molecule has 1 aliphatic carbocycles. The molecule has 0 bridgehead atoms. The molecule has 0 aliphatic heterocycles. The Hall–Kier alpha value is -1.42. The molecule has 0 radical (unpaired) electrons. The van der Waals surface area contributed by atoms with Gasteiger partial charge in [0.2, 0.25) is 0 Å². The number of pyridine rings is 1. The zero-order valence-electron chi connectivity index (χ0n) is 12.4. The van der Waals surface area contributed by atoms with Crippen molar-refractivity contribution in [2.45, 2.75) is 52.1 Å². The second-order valence-corrected chi connectivity index (χ2v) is 5.50. The molecule has 0 aromatic carbocycles. The number of ether oxygens (including phenoxy) is 1. The largest absolute Gasteiger partial charge is 0.466 e. The molecule has 0 amide bonds. The average molecular weight is 276 g/mol. The van der Waals surface area contributed by atoms with Gasteiger partial charge in [0.1, 0.15) is 0 Å². The zero-order valence-corrected chi connectivity index (χ0v) is 12.4. The summed E-state index contributed by atoms with van der Waals surface area (Å²) in [5, 5.41) is 3.56. The first kappa shape index (κ1) is 15.0. The first-order valence-corrected chi connectivity index (χ1v) is 7.50. The van der Waals surface area contributed by atoms with Crippen LogP contribution in [0.2, 0.25) is 0 Å². The van der Waals surface area contributed by atoms with Crippen molar-refractivity contribution in [2.75, 3.05) is 6.61 Å². The van der Waals surface area contributed by atoms with E-state index in [1.165, 1.54) is 11.1 Å². The van der Waals surface area contributed by atoms with Gasteiger partial charge in [-0.1, -0.05) is 6.42 Å². The number of esters is 1. The van der Waals surface area contributed by atoms with Crippen molar-refractivity contribution in [3.05, 3.63) is 29.6 Å². The minimum absolute atomic E-state index is 0.0310. The number of aromatic nitrogens is 1. The Labute approximate surface area is 120 Å². The minimum Gasteiger partial charge on any atom is -0.466 e. The smallest absolute Gasteiger partial charge is 0.308 e. The maximum absolute atomic E-state index is 11.8. The Kier molecular flexibility index (Phi) is 5.53. The normalized spacial score (nSPS) is 22.5. The van der Waals surface area contributed by atoms with Crippen LogP contribution in [0, 0.1) is 12.8 Å². The highest BCUT2D eigenvalue weighted by atomic mass is 16.5. The Morgan fingerprint density at radius 1 is 1.50 bits per heavy atom. The fraction of sp³-hybridized carbons (Fsp3) is 0.625. The summed E-state index contributed by atoms with van der Waals surface area (Å²) in [7, 11) is 0. The van der Waals surface area contributed by atoms with Crippen LogP contribution in [0.1, 0.15) is 43.7 Å². The summed E-state index contributed by atoms with van der Waals surface area (Å²) < 4.78 is 5.13. The molecule has 0 spiro atoms. The highest BCUT2D eigenvalue weighted by Crippen LogP contribution is 2.25. The van der Waals surface area contributed by atoms with Crippen molar-refractivity contribution < 1.29 is 9.53 Å². The quantitative estimate of drug-likeness (QED) is 0.840. The van der Waals surface area contributed by atoms with E-state index in [9.17, 15) is 4.79 Å². The lowest BCUT2D eigenvalue weighted by Crippen LogP contribution is -2.36. The average Bonchev–Trinajstić information content (AvgIpc) is 2.47. The number of hydrogen-bond donors (Lipinski definition) is 1. The zero-order chi connectivity index (χ0) is 14.4. The predicted octanol–water partition coefficient (Wildman–Crippen LogP) is 2.60. The number of carbonyl (C=O) groups excluding carboxylic acids is 1. The van der Waals surface area contributed by atoms with E-state index < -0.39 is 0 Å². The standard InChI is InChI=1S/C16H24N2O2/c1-3-20-16(19)13-5-4-6-15(9-13)18-11-14-10-17-8-7-12(14)2/h7-8,10,13,15,18H,3-6,9,11H2,1-2H3. The van der Waals surface area contributed by atoms with Gasteiger partial charge in [-0.2, -0.15) is 0 Å². The number of aryl methyl sites for hydroxylation is 1. The van der Waals surface area contributed by atoms with Crippen LogP contribution in [0.5, 0.6) is 0 Å². The molecule has 0 saturated heterocycles. The molecular weight excluding hydrogens is 252 g/mol. The molecule has 1 aromatic rings. The molecule has 1 fully saturated rings. The van der Waals surface area contributed by atoms with E-state index in [2.05, 4.69) is 17.2 Å². The summed E-state index contributed by atoms with van der Waals surface area (Å²) in [6, 6.07) is 2.43. The van der Waals surface area contributed by atoms with Crippen LogP contribution in [-0.4, -0.2) is 23.6 Å². The third kappa shape index (κ3) is 4.04. The number of hydrogen-bond acceptors (Lipinski definition) is 4. The van der Waals surface area contributed by atoms with Gasteiger partial charge in [0.25, 0.3) is 0 Å². The lowest BCUT2D eigenvalue weighted by Gasteiger charge is -2.28. The van der Waals surface area contributed by atoms with E-state index in [1.54, 1.807) is 0 Å². The predicted molar refractivity (Wildman–Crippen MR) is 78.2 cm³/mol. The number of rotatable bonds is 5. The molecule has 1 heterocycles. The SMILES string of the molecule is CCOC(=O)C1CCCC(NCc2cnccc2C)C1. The van der Waals surface area contributed by atoms with Gasteiger partial charge in [-0.25, -0.2) is 0 Å². The molecule has 1 saturated carbocycles. The van der Waals surface area contributed by atoms with Gasteiger partial charge in [0.15, 0.2) is 0 Å². The van der Waals surface area contributed by atoms with E-state index in [-0.39, 0.29) is 11.9 Å². The molecule has 2 atom stereocenters. The second kappa shape index (κ2) is 7.39. The molecule has 1 aromatic heterocycles. The van der Waals surface area contributed by atoms with Gasteiger partial charge in [-0.05, 0) is 50.3 Å². The Morgan fingerprint density at radius 3 is 3.10 bits per heavy atom. The molecule has 1 aliphatic rings. The third-order valence-corrected chi connectivity index (χ3v) is 4.02. The monoisotopic (exact) mass is 276 g/mol. The topological polar surface area (TPSA) is 51.2 Å². The van der Waals surface area contributed by atoms with Gasteiger partial charge in [-0.15, -0.1) is 0 Å². The summed E-state index contributed by atoms with van der Waals surface area (Å²) in [6.07, 6.45) is 7.80. The van der Waals surface area contributed by atoms with E-state index in [4.69, 9.17) is 4.74 Å². The van der Waals surface area contributed by atoms with Crippen molar-refractivity contribution in [1.82, 2.24) is 10.3 Å². The van der Waals surface area contributed by atoms with E-state index in [0.29, 0.717) is 12.6 Å². The van der Waals surface area contributed by atoms with Crippen LogP contribution in [0.15, 0.2) is 18.5 Å². The maximum Gasteiger partial charge on any atom is 0.308 e. The summed E-state index contributed by atoms with van der Waals surface area (Å²) in [6.45, 7) is 5.25. The van der Waals surface area contributed by atoms with Crippen molar-refractivity contribution >= 4 is 5.97 Å². The fourth-order valence-corrected chi connectivity index (χ4v) is 2.79. The Morgan fingerprint density at radius 2 is 2.35 bits per heavy atom. The number of nitrogens with zero attached hydrogens (tertiary/aromatic N) is 1. The van der Waals surface area contributed by atoms with Gasteiger partial charge < -0.3 is 10.1 Å². The van der Waals surface area contributed by atoms with Gasteiger partial charge in [-0.3, -0.25) is 9.78 Å². The van der Waals surface area contributed by atoms with Crippen molar-refractivity contribution in [3.63, 3.8) is 0 Å². The molecule has 4 heteroatoms. The van der Waals surface area contributed by atoms with Crippen LogP contribution in [-0.2, 0) is 16.1 Å². The highest BCUT2D eigenvalue weighted by Gasteiger charge is 2.27. The lowest BCUT2D eigenvalue weighted by molar-refractivity contribution is -0.149. The van der Waals surface area contributed by atoms with Gasteiger partial charge in [0, 0.05) is 25.0 Å². The fourth-order valence-electron chi connectivity index (χ4n) is 2.79. The van der Waals surface area contributed by atoms with Crippen LogP contribution in [0.25, 0.3) is 0 Å². The van der Waals surface area contributed by atoms with Crippen LogP contribution < -0.4 is 5.32 Å². The van der Waals surface area contributed by atoms with E-state index >= 15 is 0 Å². The summed E-state index contributed by atoms with van der Waals surface area (Å²) in [5.74, 6) is 0.0350. The van der Waals surface area contributed by atoms with E-state index in [1.807, 2.05) is 25.4 Å². The second-order valence-electron chi connectivity index (χ2n) is 5.50. The lowest BCUT2D eigenvalue weighted by atomic mass is 9.85. The minimum atomic E-state index is -0.0310. The molecule has 4 nitrogen and oxygen atoms in total. The molecule has 2 unspecified atom stereocenters. The summed E-state index contributed by atoms with van der Waals surface area (Å²) >= 11 is 0. The third-order valence-electron chi connectivity index (χ3n) is 4.02. The molecule has 1 N–H and O–H groups in total. The Balaban J connectivity index is 1.84. The number of carbonyl (C=O) groups is 1. The first-order valence-electron chi connectivity index (χ1n) is 7.50. The maximum atomic E-state index is 11.8. The van der Waals surface area contributed by atoms with Crippen LogP contribution in [0.3, 0.4) is 0 Å². The van der Waals surface area contributed by atoms with Crippen LogP contribution >= 0.6 is 0 Å². The highest BCUT2D eigenvalue weighted by molar-refractivity contribution is 5.72. The molecule has 110 valence electrons. The summed E-state index contributed by atoms with van der Waals surface area (Å²) in [4.78, 5) is 16.0. The molecule has 20 heavy (non-hydrogen) atoms. The van der Waals surface area contributed by atoms with Crippen LogP contribution in [0.4, 0.5) is 0 Å². The summed E-state index contributed by atoms with van der Waals surface area (Å²) in [5.41, 5.74) is 2.48. The first-order chi connectivity index (χ1) is 9.70. The molecular formula is C16H24N2O2. The van der Waals surface area contributed by atoms with Gasteiger partial charge in [0.05, 0.1) is 12.5 Å².